The number of hydrazine groups is 1. The first-order chi connectivity index (χ1) is 9.51. The second-order valence-corrected chi connectivity index (χ2v) is 6.40. The molecule has 1 atom stereocenters. The maximum atomic E-state index is 13.7. The Morgan fingerprint density at radius 1 is 1.20 bits per heavy atom. The fraction of sp³-hybridized carbons (Fsp3) is 0.143. The van der Waals surface area contributed by atoms with Gasteiger partial charge in [0.1, 0.15) is 11.6 Å². The summed E-state index contributed by atoms with van der Waals surface area (Å²) in [4.78, 5) is 0. The molecule has 106 valence electrons. The third-order valence-corrected chi connectivity index (χ3v) is 4.44. The van der Waals surface area contributed by atoms with E-state index in [0.29, 0.717) is 5.56 Å². The first kappa shape index (κ1) is 15.8. The Morgan fingerprint density at radius 2 is 1.95 bits per heavy atom. The van der Waals surface area contributed by atoms with Crippen LogP contribution >= 0.6 is 38.5 Å². The van der Waals surface area contributed by atoms with E-state index in [4.69, 9.17) is 5.84 Å². The molecule has 0 radical (unpaired) electrons. The molecular formula is C14H12BrF2IN2. The molecule has 6 heteroatoms. The molecule has 0 aliphatic heterocycles. The summed E-state index contributed by atoms with van der Waals surface area (Å²) < 4.78 is 28.9. The topological polar surface area (TPSA) is 38.0 Å². The molecular weight excluding hydrogens is 441 g/mol. The van der Waals surface area contributed by atoms with Gasteiger partial charge in [-0.05, 0) is 76.5 Å². The number of nitrogens with two attached hydrogens (primary N) is 1. The molecule has 2 aromatic rings. The Labute approximate surface area is 138 Å². The Kier molecular flexibility index (Phi) is 5.48. The standard InChI is InChI=1S/C14H12BrF2IN2/c15-9-1-4-13(18)11(7-9)14(20-19)6-8-5-10(16)2-3-12(8)17/h1-5,7,14,20H,6,19H2. The third-order valence-electron chi connectivity index (χ3n) is 2.97. The van der Waals surface area contributed by atoms with Crippen molar-refractivity contribution < 1.29 is 8.78 Å². The van der Waals surface area contributed by atoms with Crippen molar-refractivity contribution in [1.82, 2.24) is 5.43 Å². The highest BCUT2D eigenvalue weighted by Crippen LogP contribution is 2.27. The maximum Gasteiger partial charge on any atom is 0.126 e. The van der Waals surface area contributed by atoms with Crippen molar-refractivity contribution in [3.63, 3.8) is 0 Å². The van der Waals surface area contributed by atoms with Crippen molar-refractivity contribution in [3.8, 4) is 0 Å². The van der Waals surface area contributed by atoms with Crippen LogP contribution in [0.1, 0.15) is 17.2 Å². The van der Waals surface area contributed by atoms with Gasteiger partial charge in [0.2, 0.25) is 0 Å². The van der Waals surface area contributed by atoms with Gasteiger partial charge in [-0.2, -0.15) is 0 Å². The van der Waals surface area contributed by atoms with Gasteiger partial charge >= 0.3 is 0 Å². The lowest BCUT2D eigenvalue weighted by Crippen LogP contribution is -2.30. The van der Waals surface area contributed by atoms with Crippen LogP contribution in [0.15, 0.2) is 40.9 Å². The molecule has 0 aliphatic carbocycles. The fourth-order valence-electron chi connectivity index (χ4n) is 1.96. The molecule has 2 rings (SSSR count). The van der Waals surface area contributed by atoms with E-state index < -0.39 is 11.6 Å². The summed E-state index contributed by atoms with van der Waals surface area (Å²) in [7, 11) is 0. The highest BCUT2D eigenvalue weighted by molar-refractivity contribution is 14.1. The van der Waals surface area contributed by atoms with E-state index >= 15 is 0 Å². The Hall–Kier alpha value is -0.570. The van der Waals surface area contributed by atoms with Gasteiger partial charge in [0.15, 0.2) is 0 Å². The van der Waals surface area contributed by atoms with Crippen molar-refractivity contribution in [1.29, 1.82) is 0 Å². The minimum Gasteiger partial charge on any atom is -0.271 e. The number of halogens is 4. The number of rotatable bonds is 4. The minimum atomic E-state index is -0.457. The Morgan fingerprint density at radius 3 is 2.65 bits per heavy atom. The van der Waals surface area contributed by atoms with Crippen molar-refractivity contribution >= 4 is 38.5 Å². The predicted octanol–water partition coefficient (Wildman–Crippen LogP) is 4.08. The molecule has 0 heterocycles. The molecule has 0 amide bonds. The highest BCUT2D eigenvalue weighted by Gasteiger charge is 2.16. The smallest absolute Gasteiger partial charge is 0.126 e. The largest absolute Gasteiger partial charge is 0.271 e. The van der Waals surface area contributed by atoms with E-state index in [1.807, 2.05) is 18.2 Å². The van der Waals surface area contributed by atoms with Gasteiger partial charge in [0.05, 0.1) is 6.04 Å². The average Bonchev–Trinajstić information content (AvgIpc) is 2.42. The van der Waals surface area contributed by atoms with Crippen molar-refractivity contribution in [2.75, 3.05) is 0 Å². The SMILES string of the molecule is NNC(Cc1cc(F)ccc1F)c1cc(Br)ccc1I. The van der Waals surface area contributed by atoms with Gasteiger partial charge in [-0.15, -0.1) is 0 Å². The van der Waals surface area contributed by atoms with E-state index in [9.17, 15) is 8.78 Å². The second-order valence-electron chi connectivity index (χ2n) is 4.32. The minimum absolute atomic E-state index is 0.270. The normalized spacial score (nSPS) is 12.4. The summed E-state index contributed by atoms with van der Waals surface area (Å²) in [5.41, 5.74) is 3.90. The number of hydrogen-bond donors (Lipinski definition) is 2. The molecule has 1 unspecified atom stereocenters. The van der Waals surface area contributed by atoms with Crippen LogP contribution in [0.2, 0.25) is 0 Å². The Bertz CT molecular complexity index is 622. The van der Waals surface area contributed by atoms with Crippen LogP contribution in [0, 0.1) is 15.2 Å². The zero-order valence-electron chi connectivity index (χ0n) is 10.3. The molecule has 2 aromatic carbocycles. The van der Waals surface area contributed by atoms with Gasteiger partial charge in [-0.3, -0.25) is 11.3 Å². The molecule has 0 aromatic heterocycles. The summed E-state index contributed by atoms with van der Waals surface area (Å²) >= 11 is 5.59. The second kappa shape index (κ2) is 6.93. The molecule has 0 aliphatic rings. The first-order valence-corrected chi connectivity index (χ1v) is 7.73. The van der Waals surface area contributed by atoms with Crippen molar-refractivity contribution in [3.05, 3.63) is 67.2 Å². The number of benzene rings is 2. The molecule has 2 nitrogen and oxygen atoms in total. The lowest BCUT2D eigenvalue weighted by atomic mass is 9.99. The highest BCUT2D eigenvalue weighted by atomic mass is 127. The molecule has 3 N–H and O–H groups in total. The number of nitrogens with one attached hydrogen (secondary N) is 1. The summed E-state index contributed by atoms with van der Waals surface area (Å²) in [5, 5.41) is 0. The summed E-state index contributed by atoms with van der Waals surface area (Å²) in [6, 6.07) is 8.91. The van der Waals surface area contributed by atoms with E-state index in [1.165, 1.54) is 6.07 Å². The first-order valence-electron chi connectivity index (χ1n) is 5.86. The van der Waals surface area contributed by atoms with Gasteiger partial charge in [0.25, 0.3) is 0 Å². The zero-order chi connectivity index (χ0) is 14.7. The quantitative estimate of drug-likeness (QED) is 0.416. The van der Waals surface area contributed by atoms with Crippen molar-refractivity contribution in [2.45, 2.75) is 12.5 Å². The average molecular weight is 453 g/mol. The molecule has 0 bridgehead atoms. The maximum absolute atomic E-state index is 13.7. The van der Waals surface area contributed by atoms with Gasteiger partial charge in [-0.25, -0.2) is 8.78 Å². The molecule has 0 saturated carbocycles. The molecule has 20 heavy (non-hydrogen) atoms. The van der Waals surface area contributed by atoms with E-state index in [0.717, 1.165) is 25.7 Å². The lowest BCUT2D eigenvalue weighted by molar-refractivity contribution is 0.521. The van der Waals surface area contributed by atoms with Crippen LogP contribution in [-0.2, 0) is 6.42 Å². The van der Waals surface area contributed by atoms with E-state index in [2.05, 4.69) is 43.9 Å². The third kappa shape index (κ3) is 3.75. The zero-order valence-corrected chi connectivity index (χ0v) is 14.1. The molecule has 0 saturated heterocycles. The summed E-state index contributed by atoms with van der Waals surface area (Å²) in [6.45, 7) is 0. The van der Waals surface area contributed by atoms with Crippen molar-refractivity contribution in [2.24, 2.45) is 5.84 Å². The Balaban J connectivity index is 2.33. The monoisotopic (exact) mass is 452 g/mol. The van der Waals surface area contributed by atoms with Crippen LogP contribution < -0.4 is 11.3 Å². The summed E-state index contributed by atoms with van der Waals surface area (Å²) in [5.74, 6) is 4.68. The van der Waals surface area contributed by atoms with Gasteiger partial charge in [0, 0.05) is 8.04 Å². The van der Waals surface area contributed by atoms with Crippen LogP contribution in [0.5, 0.6) is 0 Å². The molecule has 0 spiro atoms. The van der Waals surface area contributed by atoms with Gasteiger partial charge < -0.3 is 0 Å². The van der Waals surface area contributed by atoms with Crippen LogP contribution in [0.3, 0.4) is 0 Å². The molecule has 0 fully saturated rings. The van der Waals surface area contributed by atoms with Gasteiger partial charge in [-0.1, -0.05) is 15.9 Å². The lowest BCUT2D eigenvalue weighted by Gasteiger charge is -2.19. The summed E-state index contributed by atoms with van der Waals surface area (Å²) in [6.07, 6.45) is 0.270. The number of hydrogen-bond acceptors (Lipinski definition) is 2. The fourth-order valence-corrected chi connectivity index (χ4v) is 3.05. The van der Waals surface area contributed by atoms with Crippen LogP contribution in [0.25, 0.3) is 0 Å². The van der Waals surface area contributed by atoms with Crippen LogP contribution in [0.4, 0.5) is 8.78 Å². The van der Waals surface area contributed by atoms with Crippen LogP contribution in [-0.4, -0.2) is 0 Å². The predicted molar refractivity (Wildman–Crippen MR) is 87.0 cm³/mol. The van der Waals surface area contributed by atoms with E-state index in [1.54, 1.807) is 0 Å². The van der Waals surface area contributed by atoms with E-state index in [-0.39, 0.29) is 12.5 Å².